The van der Waals surface area contributed by atoms with E-state index in [0.717, 1.165) is 12.8 Å². The number of benzene rings is 1. The number of sulfone groups is 1. The highest BCUT2D eigenvalue weighted by molar-refractivity contribution is 7.91. The van der Waals surface area contributed by atoms with Gasteiger partial charge in [-0.2, -0.15) is 0 Å². The van der Waals surface area contributed by atoms with Crippen LogP contribution in [0.25, 0.3) is 0 Å². The maximum atomic E-state index is 11.8. The van der Waals surface area contributed by atoms with Crippen LogP contribution in [0.3, 0.4) is 0 Å². The molecule has 0 aliphatic heterocycles. The van der Waals surface area contributed by atoms with E-state index in [1.165, 1.54) is 12.1 Å². The highest BCUT2D eigenvalue weighted by Crippen LogP contribution is 2.21. The van der Waals surface area contributed by atoms with Gasteiger partial charge in [-0.1, -0.05) is 19.1 Å². The van der Waals surface area contributed by atoms with Crippen LogP contribution >= 0.6 is 0 Å². The largest absolute Gasteiger partial charge is 0.326 e. The van der Waals surface area contributed by atoms with Gasteiger partial charge in [0.15, 0.2) is 9.84 Å². The molecular weight excluding hydrogens is 274 g/mol. The van der Waals surface area contributed by atoms with Gasteiger partial charge in [0.05, 0.1) is 10.6 Å². The number of anilines is 1. The van der Waals surface area contributed by atoms with Crippen LogP contribution in [0, 0.1) is 5.92 Å². The van der Waals surface area contributed by atoms with Gasteiger partial charge in [-0.05, 0) is 43.0 Å². The van der Waals surface area contributed by atoms with Gasteiger partial charge < -0.3 is 5.32 Å². The molecule has 0 saturated carbocycles. The lowest BCUT2D eigenvalue weighted by Gasteiger charge is -2.09. The number of hydrogen-bond donors (Lipinski definition) is 1. The molecule has 4 nitrogen and oxygen atoms in total. The van der Waals surface area contributed by atoms with E-state index in [2.05, 4.69) is 17.5 Å². The number of allylic oxidation sites excluding steroid dienone is 2. The van der Waals surface area contributed by atoms with Crippen molar-refractivity contribution in [2.75, 3.05) is 11.1 Å². The molecule has 1 aromatic rings. The Balaban J connectivity index is 1.96. The zero-order chi connectivity index (χ0) is 14.6. The number of carbonyl (C=O) groups is 1. The van der Waals surface area contributed by atoms with E-state index in [-0.39, 0.29) is 16.6 Å². The zero-order valence-corrected chi connectivity index (χ0v) is 12.3. The van der Waals surface area contributed by atoms with Crippen LogP contribution in [0.15, 0.2) is 41.3 Å². The van der Waals surface area contributed by atoms with Crippen molar-refractivity contribution in [3.63, 3.8) is 0 Å². The van der Waals surface area contributed by atoms with Crippen molar-refractivity contribution in [2.24, 2.45) is 5.92 Å². The van der Waals surface area contributed by atoms with Crippen molar-refractivity contribution in [1.82, 2.24) is 0 Å². The molecule has 1 N–H and O–H groups in total. The monoisotopic (exact) mass is 293 g/mol. The predicted octanol–water partition coefficient (Wildman–Crippen LogP) is 2.78. The Morgan fingerprint density at radius 1 is 1.30 bits per heavy atom. The van der Waals surface area contributed by atoms with E-state index in [0.29, 0.717) is 18.0 Å². The smallest absolute Gasteiger partial charge is 0.224 e. The number of hydrogen-bond acceptors (Lipinski definition) is 3. The van der Waals surface area contributed by atoms with Crippen molar-refractivity contribution in [2.45, 2.75) is 31.1 Å². The van der Waals surface area contributed by atoms with E-state index in [1.807, 2.05) is 0 Å². The van der Waals surface area contributed by atoms with Gasteiger partial charge in [-0.15, -0.1) is 0 Å². The van der Waals surface area contributed by atoms with Gasteiger partial charge in [0.25, 0.3) is 0 Å². The molecular formula is C15H19NO3S. The fraction of sp³-hybridized carbons (Fsp3) is 0.400. The first-order valence-electron chi connectivity index (χ1n) is 6.80. The second-order valence-corrected chi connectivity index (χ2v) is 7.22. The molecule has 0 bridgehead atoms. The molecule has 1 unspecified atom stereocenters. The molecule has 0 radical (unpaired) electrons. The summed E-state index contributed by atoms with van der Waals surface area (Å²) in [4.78, 5) is 12.1. The van der Waals surface area contributed by atoms with Crippen LogP contribution in [-0.4, -0.2) is 20.1 Å². The summed E-state index contributed by atoms with van der Waals surface area (Å²) >= 11 is 0. The highest BCUT2D eigenvalue weighted by Gasteiger charge is 2.15. The van der Waals surface area contributed by atoms with E-state index >= 15 is 0 Å². The van der Waals surface area contributed by atoms with E-state index in [9.17, 15) is 13.2 Å². The SMILES string of the molecule is CCS(=O)(=O)c1ccc(NC(=O)CC2C=CCC2)cc1. The number of rotatable bonds is 5. The third-order valence-electron chi connectivity index (χ3n) is 3.44. The third-order valence-corrected chi connectivity index (χ3v) is 5.19. The average Bonchev–Trinajstić information content (AvgIpc) is 2.92. The standard InChI is InChI=1S/C15H19NO3S/c1-2-20(18,19)14-9-7-13(8-10-14)16-15(17)11-12-5-3-4-6-12/h3,5,7-10,12H,2,4,6,11H2,1H3,(H,16,17). The second kappa shape index (κ2) is 6.22. The van der Waals surface area contributed by atoms with Crippen molar-refractivity contribution in [1.29, 1.82) is 0 Å². The molecule has 0 heterocycles. The maximum absolute atomic E-state index is 11.8. The first-order valence-corrected chi connectivity index (χ1v) is 8.46. The Hall–Kier alpha value is -1.62. The van der Waals surface area contributed by atoms with Gasteiger partial charge in [0.1, 0.15) is 0 Å². The Morgan fingerprint density at radius 2 is 2.00 bits per heavy atom. The lowest BCUT2D eigenvalue weighted by Crippen LogP contribution is -2.14. The molecule has 1 aliphatic carbocycles. The summed E-state index contributed by atoms with van der Waals surface area (Å²) in [6.07, 6.45) is 6.73. The number of carbonyl (C=O) groups excluding carboxylic acids is 1. The summed E-state index contributed by atoms with van der Waals surface area (Å²) in [6.45, 7) is 1.61. The highest BCUT2D eigenvalue weighted by atomic mass is 32.2. The molecule has 1 atom stereocenters. The average molecular weight is 293 g/mol. The maximum Gasteiger partial charge on any atom is 0.224 e. The number of nitrogens with one attached hydrogen (secondary N) is 1. The zero-order valence-electron chi connectivity index (χ0n) is 11.5. The Labute approximate surface area is 119 Å². The Bertz CT molecular complexity index is 603. The summed E-state index contributed by atoms with van der Waals surface area (Å²) in [5.74, 6) is 0.370. The van der Waals surface area contributed by atoms with Crippen LogP contribution < -0.4 is 5.32 Å². The minimum absolute atomic E-state index is 0.0346. The second-order valence-electron chi connectivity index (χ2n) is 4.95. The molecule has 0 saturated heterocycles. The van der Waals surface area contributed by atoms with Crippen LogP contribution in [0.2, 0.25) is 0 Å². The van der Waals surface area contributed by atoms with Crippen molar-refractivity contribution in [3.05, 3.63) is 36.4 Å². The fourth-order valence-electron chi connectivity index (χ4n) is 2.23. The molecule has 0 spiro atoms. The lowest BCUT2D eigenvalue weighted by molar-refractivity contribution is -0.116. The quantitative estimate of drug-likeness (QED) is 0.849. The third kappa shape index (κ3) is 3.70. The summed E-state index contributed by atoms with van der Waals surface area (Å²) in [5.41, 5.74) is 0.632. The first-order chi connectivity index (χ1) is 9.51. The van der Waals surface area contributed by atoms with Gasteiger partial charge >= 0.3 is 0 Å². The normalized spacial score (nSPS) is 18.1. The molecule has 108 valence electrons. The lowest BCUT2D eigenvalue weighted by atomic mass is 10.1. The van der Waals surface area contributed by atoms with E-state index in [1.54, 1.807) is 19.1 Å². The molecule has 0 aromatic heterocycles. The minimum Gasteiger partial charge on any atom is -0.326 e. The van der Waals surface area contributed by atoms with Gasteiger partial charge in [-0.25, -0.2) is 8.42 Å². The molecule has 1 amide bonds. The molecule has 20 heavy (non-hydrogen) atoms. The van der Waals surface area contributed by atoms with Crippen molar-refractivity contribution in [3.8, 4) is 0 Å². The van der Waals surface area contributed by atoms with Gasteiger partial charge in [-0.3, -0.25) is 4.79 Å². The molecule has 1 aliphatic rings. The van der Waals surface area contributed by atoms with E-state index < -0.39 is 9.84 Å². The molecule has 1 aromatic carbocycles. The Morgan fingerprint density at radius 3 is 2.55 bits per heavy atom. The summed E-state index contributed by atoms with van der Waals surface area (Å²) in [7, 11) is -3.18. The fourth-order valence-corrected chi connectivity index (χ4v) is 3.11. The predicted molar refractivity (Wildman–Crippen MR) is 79.3 cm³/mol. The Kier molecular flexibility index (Phi) is 4.60. The van der Waals surface area contributed by atoms with Gasteiger partial charge in [0.2, 0.25) is 5.91 Å². The summed E-state index contributed by atoms with van der Waals surface area (Å²) in [6, 6.07) is 6.32. The first kappa shape index (κ1) is 14.8. The minimum atomic E-state index is -3.18. The topological polar surface area (TPSA) is 63.2 Å². The van der Waals surface area contributed by atoms with Crippen LogP contribution in [0.5, 0.6) is 0 Å². The molecule has 2 rings (SSSR count). The van der Waals surface area contributed by atoms with E-state index in [4.69, 9.17) is 0 Å². The van der Waals surface area contributed by atoms with Crippen LogP contribution in [-0.2, 0) is 14.6 Å². The van der Waals surface area contributed by atoms with Crippen molar-refractivity contribution < 1.29 is 13.2 Å². The van der Waals surface area contributed by atoms with Crippen LogP contribution in [0.4, 0.5) is 5.69 Å². The van der Waals surface area contributed by atoms with Crippen LogP contribution in [0.1, 0.15) is 26.2 Å². The van der Waals surface area contributed by atoms with Gasteiger partial charge in [0, 0.05) is 12.1 Å². The van der Waals surface area contributed by atoms with Crippen molar-refractivity contribution >= 4 is 21.4 Å². The number of amides is 1. The summed E-state index contributed by atoms with van der Waals surface area (Å²) < 4.78 is 23.3. The molecule has 0 fully saturated rings. The molecule has 5 heteroatoms. The summed E-state index contributed by atoms with van der Waals surface area (Å²) in [5, 5.41) is 2.80.